The van der Waals surface area contributed by atoms with Crippen LogP contribution < -0.4 is 15.6 Å². The number of rotatable bonds is 7. The van der Waals surface area contributed by atoms with Gasteiger partial charge in [0.1, 0.15) is 5.41 Å². The number of ketones is 1. The van der Waals surface area contributed by atoms with Gasteiger partial charge in [0.25, 0.3) is 0 Å². The Morgan fingerprint density at radius 1 is 0.484 bits per heavy atom. The average molecular weight is 419 g/mol. The van der Waals surface area contributed by atoms with Gasteiger partial charge in [0, 0.05) is 5.56 Å². The first-order valence-corrected chi connectivity index (χ1v) is 12.2. The molecule has 0 aliphatic heterocycles. The molecule has 0 aliphatic rings. The highest BCUT2D eigenvalue weighted by Crippen LogP contribution is 2.11. The molecule has 0 fully saturated rings. The Kier molecular flexibility index (Phi) is 6.15. The number of hydrogen-bond donors (Lipinski definition) is 0. The minimum absolute atomic E-state index is 0.0274. The van der Waals surface area contributed by atoms with Gasteiger partial charge in [-0.1, -0.05) is 121 Å². The van der Waals surface area contributed by atoms with Crippen molar-refractivity contribution >= 4 is 34.8 Å². The van der Waals surface area contributed by atoms with E-state index in [1.165, 1.54) is 12.2 Å². The van der Waals surface area contributed by atoms with Crippen molar-refractivity contribution in [2.45, 2.75) is 0 Å². The van der Waals surface area contributed by atoms with E-state index in [4.69, 9.17) is 0 Å². The van der Waals surface area contributed by atoms with Crippen molar-refractivity contribution < 1.29 is 9.59 Å². The maximum atomic E-state index is 14.0. The van der Waals surface area contributed by atoms with Crippen LogP contribution in [0.2, 0.25) is 0 Å². The highest BCUT2D eigenvalue weighted by Gasteiger charge is 2.45. The molecule has 4 aromatic rings. The van der Waals surface area contributed by atoms with Crippen LogP contribution in [0, 0.1) is 0 Å². The average Bonchev–Trinajstić information content (AvgIpc) is 2.85. The van der Waals surface area contributed by atoms with Gasteiger partial charge in [0.2, 0.25) is 8.07 Å². The van der Waals surface area contributed by atoms with E-state index in [0.717, 1.165) is 15.6 Å². The van der Waals surface area contributed by atoms with Crippen molar-refractivity contribution in [1.82, 2.24) is 0 Å². The van der Waals surface area contributed by atoms with Gasteiger partial charge in [0.15, 0.2) is 5.78 Å². The molecule has 0 unspecified atom stereocenters. The highest BCUT2D eigenvalue weighted by atomic mass is 28.3. The molecular formula is C28H22O2Si. The van der Waals surface area contributed by atoms with Gasteiger partial charge in [-0.15, -0.1) is 0 Å². The van der Waals surface area contributed by atoms with Gasteiger partial charge in [-0.25, -0.2) is 0 Å². The third-order valence-electron chi connectivity index (χ3n) is 5.43. The van der Waals surface area contributed by atoms with E-state index in [0.29, 0.717) is 5.56 Å². The summed E-state index contributed by atoms with van der Waals surface area (Å²) in [5, 5.41) is 2.96. The van der Waals surface area contributed by atoms with Crippen LogP contribution in [0.1, 0.15) is 10.4 Å². The van der Waals surface area contributed by atoms with E-state index >= 15 is 0 Å². The van der Waals surface area contributed by atoms with Crippen molar-refractivity contribution in [2.24, 2.45) is 0 Å². The fraction of sp³-hybridized carbons (Fsp3) is 0. The molecule has 4 rings (SSSR count). The van der Waals surface area contributed by atoms with E-state index in [-0.39, 0.29) is 11.2 Å². The van der Waals surface area contributed by atoms with E-state index in [1.54, 1.807) is 12.1 Å². The molecule has 0 aromatic heterocycles. The lowest BCUT2D eigenvalue weighted by Gasteiger charge is -2.30. The van der Waals surface area contributed by atoms with Gasteiger partial charge < -0.3 is 0 Å². The summed E-state index contributed by atoms with van der Waals surface area (Å²) in [6, 6.07) is 38.8. The topological polar surface area (TPSA) is 34.1 Å². The molecule has 0 aliphatic carbocycles. The predicted octanol–water partition coefficient (Wildman–Crippen LogP) is 3.70. The Labute approximate surface area is 183 Å². The summed E-state index contributed by atoms with van der Waals surface area (Å²) >= 11 is 0. The van der Waals surface area contributed by atoms with Crippen LogP contribution in [0.5, 0.6) is 0 Å². The lowest BCUT2D eigenvalue weighted by Crippen LogP contribution is -2.72. The van der Waals surface area contributed by atoms with Gasteiger partial charge in [0.05, 0.1) is 0 Å². The molecular weight excluding hydrogens is 396 g/mol. The molecule has 0 bridgehead atoms. The van der Waals surface area contributed by atoms with Crippen LogP contribution in [0.15, 0.2) is 133 Å². The quantitative estimate of drug-likeness (QED) is 0.198. The molecule has 0 saturated carbocycles. The fourth-order valence-electron chi connectivity index (χ4n) is 3.97. The molecule has 0 N–H and O–H groups in total. The molecule has 4 aromatic carbocycles. The number of allylic oxidation sites excluding steroid dienone is 2. The van der Waals surface area contributed by atoms with Crippen molar-refractivity contribution in [3.63, 3.8) is 0 Å². The zero-order valence-electron chi connectivity index (χ0n) is 17.0. The highest BCUT2D eigenvalue weighted by molar-refractivity contribution is 7.30. The van der Waals surface area contributed by atoms with Crippen LogP contribution in [-0.4, -0.2) is 19.3 Å². The second-order valence-corrected chi connectivity index (χ2v) is 11.0. The zero-order valence-corrected chi connectivity index (χ0v) is 18.0. The normalized spacial score (nSPS) is 11.4. The fourth-order valence-corrected chi connectivity index (χ4v) is 8.23. The summed E-state index contributed by atoms with van der Waals surface area (Å²) in [7, 11) is -3.07. The maximum absolute atomic E-state index is 14.0. The Morgan fingerprint density at radius 3 is 1.23 bits per heavy atom. The van der Waals surface area contributed by atoms with Crippen LogP contribution in [0.4, 0.5) is 0 Å². The monoisotopic (exact) mass is 418 g/mol. The van der Waals surface area contributed by atoms with Gasteiger partial charge >= 0.3 is 0 Å². The summed E-state index contributed by atoms with van der Waals surface area (Å²) in [5.74, 6) is -0.175. The molecule has 0 spiro atoms. The molecule has 2 nitrogen and oxygen atoms in total. The number of hydrogen-bond acceptors (Lipinski definition) is 2. The molecule has 0 atom stereocenters. The first kappa shape index (κ1) is 20.4. The van der Waals surface area contributed by atoms with Crippen LogP contribution in [0.25, 0.3) is 0 Å². The summed E-state index contributed by atoms with van der Waals surface area (Å²) in [4.78, 5) is 26.7. The van der Waals surface area contributed by atoms with Gasteiger partial charge in [-0.05, 0) is 27.7 Å². The Hall–Kier alpha value is -3.82. The van der Waals surface area contributed by atoms with Crippen molar-refractivity contribution in [3.05, 3.63) is 139 Å². The maximum Gasteiger partial charge on any atom is 0.229 e. The van der Waals surface area contributed by atoms with Crippen molar-refractivity contribution in [2.75, 3.05) is 0 Å². The lowest BCUT2D eigenvalue weighted by molar-refractivity contribution is -0.108. The van der Waals surface area contributed by atoms with Crippen molar-refractivity contribution in [1.29, 1.82) is 0 Å². The minimum atomic E-state index is -3.07. The van der Waals surface area contributed by atoms with Crippen LogP contribution >= 0.6 is 0 Å². The number of benzene rings is 4. The van der Waals surface area contributed by atoms with Crippen LogP contribution in [0.3, 0.4) is 0 Å². The SMILES string of the molecule is O=C(/C=C/C(=O)[Si](c1ccccc1)(c1ccccc1)c1ccccc1)c1ccccc1. The smallest absolute Gasteiger partial charge is 0.229 e. The van der Waals surface area contributed by atoms with E-state index in [9.17, 15) is 9.59 Å². The molecule has 0 radical (unpaired) electrons. The Bertz CT molecular complexity index is 1090. The predicted molar refractivity (Wildman–Crippen MR) is 129 cm³/mol. The summed E-state index contributed by atoms with van der Waals surface area (Å²) in [5.41, 5.74) is 0.568. The second-order valence-electron chi connectivity index (χ2n) is 7.28. The third-order valence-corrected chi connectivity index (χ3v) is 9.94. The largest absolute Gasteiger partial charge is 0.299 e. The Morgan fingerprint density at radius 2 is 0.839 bits per heavy atom. The summed E-state index contributed by atoms with van der Waals surface area (Å²) < 4.78 is 0. The van der Waals surface area contributed by atoms with Crippen molar-refractivity contribution in [3.8, 4) is 0 Å². The molecule has 31 heavy (non-hydrogen) atoms. The minimum Gasteiger partial charge on any atom is -0.299 e. The third kappa shape index (κ3) is 4.09. The van der Waals surface area contributed by atoms with E-state index < -0.39 is 8.07 Å². The molecule has 150 valence electrons. The molecule has 0 heterocycles. The number of carbonyl (C=O) groups is 2. The summed E-state index contributed by atoms with van der Waals surface area (Å²) in [6.07, 6.45) is 2.89. The van der Waals surface area contributed by atoms with Gasteiger partial charge in [-0.3, -0.25) is 9.59 Å². The first-order chi connectivity index (χ1) is 15.2. The zero-order chi connectivity index (χ0) is 21.5. The summed E-state index contributed by atoms with van der Waals surface area (Å²) in [6.45, 7) is 0. The van der Waals surface area contributed by atoms with E-state index in [1.807, 2.05) is 109 Å². The lowest BCUT2D eigenvalue weighted by atomic mass is 10.1. The number of carbonyl (C=O) groups excluding carboxylic acids is 2. The van der Waals surface area contributed by atoms with E-state index in [2.05, 4.69) is 0 Å². The molecule has 3 heteroatoms. The molecule has 0 saturated heterocycles. The van der Waals surface area contributed by atoms with Crippen LogP contribution in [-0.2, 0) is 4.79 Å². The second kappa shape index (κ2) is 9.33. The molecule has 0 amide bonds. The van der Waals surface area contributed by atoms with Gasteiger partial charge in [-0.2, -0.15) is 0 Å². The Balaban J connectivity index is 1.89. The first-order valence-electron chi connectivity index (χ1n) is 10.2. The standard InChI is InChI=1S/C28H22O2Si/c29-27(23-13-5-1-6-14-23)21-22-28(30)31(24-15-7-2-8-16-24,25-17-9-3-10-18-25)26-19-11-4-12-20-26/h1-22H/b22-21+.